The monoisotopic (exact) mass is 488 g/mol. The summed E-state index contributed by atoms with van der Waals surface area (Å²) in [5.74, 6) is -3.52. The highest BCUT2D eigenvalue weighted by Crippen LogP contribution is 2.45. The fourth-order valence-electron chi connectivity index (χ4n) is 3.81. The molecule has 1 fully saturated rings. The molecule has 1 aliphatic rings. The zero-order valence-electron chi connectivity index (χ0n) is 20.2. The average molecular weight is 489 g/mol. The van der Waals surface area contributed by atoms with Gasteiger partial charge in [0.1, 0.15) is 18.4 Å². The highest BCUT2D eigenvalue weighted by molar-refractivity contribution is 7.58. The molecule has 0 saturated carbocycles. The molecule has 188 valence electrons. The first-order valence-corrected chi connectivity index (χ1v) is 13.1. The second kappa shape index (κ2) is 12.3. The summed E-state index contributed by atoms with van der Waals surface area (Å²) in [5.41, 5.74) is 0. The van der Waals surface area contributed by atoms with Crippen LogP contribution in [0, 0.1) is 17.8 Å². The van der Waals surface area contributed by atoms with Gasteiger partial charge in [-0.2, -0.15) is 0 Å². The van der Waals surface area contributed by atoms with Crippen molar-refractivity contribution >= 4 is 36.9 Å². The summed E-state index contributed by atoms with van der Waals surface area (Å²) in [7, 11) is -2.67. The van der Waals surface area contributed by atoms with Crippen molar-refractivity contribution in [1.29, 1.82) is 0 Å². The number of carbonyl (C=O) groups excluding carboxylic acids is 5. The van der Waals surface area contributed by atoms with Gasteiger partial charge in [-0.3, -0.25) is 33.4 Å². The molecule has 4 N–H and O–H groups in total. The van der Waals surface area contributed by atoms with E-state index in [1.54, 1.807) is 0 Å². The normalized spacial score (nSPS) is 19.9. The Balaban J connectivity index is 2.97. The van der Waals surface area contributed by atoms with Crippen LogP contribution in [0.25, 0.3) is 0 Å². The van der Waals surface area contributed by atoms with Crippen LogP contribution in [-0.4, -0.2) is 70.9 Å². The van der Waals surface area contributed by atoms with E-state index >= 15 is 0 Å². The number of carbonyl (C=O) groups is 5. The van der Waals surface area contributed by atoms with Crippen LogP contribution in [0.4, 0.5) is 0 Å². The molecule has 0 aliphatic carbocycles. The Hall–Kier alpha value is -2.26. The Morgan fingerprint density at radius 2 is 1.67 bits per heavy atom. The minimum atomic E-state index is -4.13. The third-order valence-electron chi connectivity index (χ3n) is 5.20. The molecule has 0 aromatic heterocycles. The largest absolute Gasteiger partial charge is 0.357 e. The number of nitrogens with zero attached hydrogens (tertiary/aromatic N) is 1. The number of likely N-dealkylation sites (N-methyl/N-ethyl adjacent to an activating group) is 1. The average Bonchev–Trinajstić information content (AvgIpc) is 2.91. The second-order valence-electron chi connectivity index (χ2n) is 9.42. The van der Waals surface area contributed by atoms with Gasteiger partial charge >= 0.3 is 0 Å². The van der Waals surface area contributed by atoms with Crippen LogP contribution in [0.1, 0.15) is 53.9 Å². The molecule has 1 rings (SSSR count). The summed E-state index contributed by atoms with van der Waals surface area (Å²) in [6.07, 6.45) is -0.765. The lowest BCUT2D eigenvalue weighted by atomic mass is 9.96. The molecule has 0 aromatic rings. The molecule has 11 nitrogen and oxygen atoms in total. The van der Waals surface area contributed by atoms with E-state index in [-0.39, 0.29) is 30.6 Å². The molecule has 0 radical (unpaired) electrons. The Labute approximate surface area is 194 Å². The maximum absolute atomic E-state index is 13.0. The zero-order valence-corrected chi connectivity index (χ0v) is 21.1. The molecule has 5 amide bonds. The van der Waals surface area contributed by atoms with Crippen LogP contribution in [0.3, 0.4) is 0 Å². The number of rotatable bonds is 12. The smallest absolute Gasteiger partial charge is 0.252 e. The van der Waals surface area contributed by atoms with Crippen LogP contribution in [0.15, 0.2) is 0 Å². The molecule has 0 aromatic carbocycles. The zero-order chi connectivity index (χ0) is 25.5. The van der Waals surface area contributed by atoms with Crippen molar-refractivity contribution in [2.45, 2.75) is 66.0 Å². The second-order valence-corrected chi connectivity index (χ2v) is 11.8. The first kappa shape index (κ1) is 28.8. The van der Waals surface area contributed by atoms with Crippen molar-refractivity contribution in [3.63, 3.8) is 0 Å². The molecular formula is C21H37N4O7P. The van der Waals surface area contributed by atoms with Gasteiger partial charge in [0.15, 0.2) is 0 Å². The molecule has 1 saturated heterocycles. The van der Waals surface area contributed by atoms with E-state index in [0.717, 1.165) is 0 Å². The van der Waals surface area contributed by atoms with Gasteiger partial charge in [0.25, 0.3) is 5.91 Å². The van der Waals surface area contributed by atoms with Gasteiger partial charge in [0.2, 0.25) is 31.0 Å². The molecule has 0 spiro atoms. The minimum absolute atomic E-state index is 0.0171. The number of hydrogen-bond donors (Lipinski definition) is 4. The van der Waals surface area contributed by atoms with Gasteiger partial charge in [-0.05, 0) is 24.7 Å². The lowest BCUT2D eigenvalue weighted by molar-refractivity contribution is -0.138. The van der Waals surface area contributed by atoms with Crippen LogP contribution in [0.5, 0.6) is 0 Å². The van der Waals surface area contributed by atoms with Gasteiger partial charge in [-0.15, -0.1) is 0 Å². The maximum Gasteiger partial charge on any atom is 0.252 e. The fraction of sp³-hybridized carbons (Fsp3) is 0.762. The fourth-order valence-corrected chi connectivity index (χ4v) is 5.67. The van der Waals surface area contributed by atoms with Crippen molar-refractivity contribution in [2.75, 3.05) is 19.5 Å². The molecule has 12 heteroatoms. The summed E-state index contributed by atoms with van der Waals surface area (Å²) >= 11 is 0. The van der Waals surface area contributed by atoms with E-state index in [9.17, 15) is 33.4 Å². The highest BCUT2D eigenvalue weighted by Gasteiger charge is 2.43. The van der Waals surface area contributed by atoms with E-state index in [1.165, 1.54) is 14.0 Å². The number of hydrogen-bond acceptors (Lipinski definition) is 6. The SMILES string of the molecule is CNC(=O)[C@H](CC(C)C)NC(=O)[C@H](CC(C)C)CP(=O)(O)CN1C(=O)C[C@H](NC(C)=O)C1=O. The van der Waals surface area contributed by atoms with Gasteiger partial charge < -0.3 is 20.8 Å². The maximum atomic E-state index is 13.0. The quantitative estimate of drug-likeness (QED) is 0.228. The van der Waals surface area contributed by atoms with Crippen molar-refractivity contribution in [3.05, 3.63) is 0 Å². The number of nitrogens with one attached hydrogen (secondary N) is 3. The van der Waals surface area contributed by atoms with Crippen LogP contribution in [0.2, 0.25) is 0 Å². The van der Waals surface area contributed by atoms with Crippen LogP contribution < -0.4 is 16.0 Å². The molecule has 0 bridgehead atoms. The van der Waals surface area contributed by atoms with E-state index in [0.29, 0.717) is 11.3 Å². The molecular weight excluding hydrogens is 451 g/mol. The lowest BCUT2D eigenvalue weighted by Gasteiger charge is -2.26. The van der Waals surface area contributed by atoms with Gasteiger partial charge in [0.05, 0.1) is 6.42 Å². The Kier molecular flexibility index (Phi) is 10.7. The molecule has 33 heavy (non-hydrogen) atoms. The third kappa shape index (κ3) is 9.25. The molecule has 1 heterocycles. The summed E-state index contributed by atoms with van der Waals surface area (Å²) in [6, 6.07) is -1.84. The Morgan fingerprint density at radius 3 is 2.15 bits per heavy atom. The van der Waals surface area contributed by atoms with E-state index in [2.05, 4.69) is 16.0 Å². The predicted octanol–water partition coefficient (Wildman–Crippen LogP) is 0.417. The van der Waals surface area contributed by atoms with Gasteiger partial charge in [0, 0.05) is 26.1 Å². The van der Waals surface area contributed by atoms with Crippen molar-refractivity contribution in [2.24, 2.45) is 17.8 Å². The van der Waals surface area contributed by atoms with Crippen molar-refractivity contribution in [3.8, 4) is 0 Å². The number of imide groups is 1. The van der Waals surface area contributed by atoms with E-state index < -0.39 is 61.4 Å². The van der Waals surface area contributed by atoms with Gasteiger partial charge in [-0.1, -0.05) is 27.7 Å². The Bertz CT molecular complexity index is 814. The minimum Gasteiger partial charge on any atom is -0.357 e. The first-order valence-electron chi connectivity index (χ1n) is 11.1. The predicted molar refractivity (Wildman–Crippen MR) is 122 cm³/mol. The Morgan fingerprint density at radius 1 is 1.09 bits per heavy atom. The van der Waals surface area contributed by atoms with Gasteiger partial charge in [-0.25, -0.2) is 0 Å². The highest BCUT2D eigenvalue weighted by atomic mass is 31.2. The number of amides is 5. The summed E-state index contributed by atoms with van der Waals surface area (Å²) < 4.78 is 13.0. The summed E-state index contributed by atoms with van der Waals surface area (Å²) in [4.78, 5) is 72.3. The van der Waals surface area contributed by atoms with Crippen molar-refractivity contribution < 1.29 is 33.4 Å². The lowest BCUT2D eigenvalue weighted by Crippen LogP contribution is -2.49. The molecule has 1 aliphatic heterocycles. The van der Waals surface area contributed by atoms with Crippen LogP contribution in [-0.2, 0) is 28.5 Å². The van der Waals surface area contributed by atoms with E-state index in [1.807, 2.05) is 27.7 Å². The first-order chi connectivity index (χ1) is 15.2. The molecule has 4 atom stereocenters. The van der Waals surface area contributed by atoms with Crippen LogP contribution >= 0.6 is 7.37 Å². The molecule has 1 unspecified atom stereocenters. The topological polar surface area (TPSA) is 162 Å². The summed E-state index contributed by atoms with van der Waals surface area (Å²) in [6.45, 7) is 8.75. The summed E-state index contributed by atoms with van der Waals surface area (Å²) in [5, 5.41) is 7.55. The van der Waals surface area contributed by atoms with E-state index in [4.69, 9.17) is 0 Å². The third-order valence-corrected chi connectivity index (χ3v) is 6.94. The standard InChI is InChI=1S/C21H37N4O7P/c1-12(2)7-15(19(28)24-16(8-13(3)4)20(29)22-6)10-33(31,32)11-25-18(27)9-17(21(25)30)23-14(5)26/h12-13,15-17H,7-11H2,1-6H3,(H,22,29)(H,23,26)(H,24,28)(H,31,32)/t15-,16+,17+/m1/s1. The number of likely N-dealkylation sites (tertiary alicyclic amines) is 1. The van der Waals surface area contributed by atoms with Crippen molar-refractivity contribution in [1.82, 2.24) is 20.9 Å².